The highest BCUT2D eigenvalue weighted by Crippen LogP contribution is 2.00. The zero-order valence-corrected chi connectivity index (χ0v) is 7.74. The summed E-state index contributed by atoms with van der Waals surface area (Å²) in [6.45, 7) is 11.4. The first kappa shape index (κ1) is 9.18. The molecule has 0 aliphatic rings. The predicted molar refractivity (Wildman–Crippen MR) is 44.1 cm³/mol. The minimum absolute atomic E-state index is 0.824. The topological polar surface area (TPSA) is 9.23 Å². The summed E-state index contributed by atoms with van der Waals surface area (Å²) in [6, 6.07) is 0. The number of rotatable bonds is 4. The largest absolute Gasteiger partial charge is 0.385 e. The van der Waals surface area contributed by atoms with Gasteiger partial charge in [-0.2, -0.15) is 0 Å². The summed E-state index contributed by atoms with van der Waals surface area (Å²) in [4.78, 5) is 0. The molecule has 0 saturated carbocycles. The lowest BCUT2D eigenvalue weighted by atomic mass is 10.5. The minimum Gasteiger partial charge on any atom is -0.385 e. The maximum absolute atomic E-state index is 5.35. The van der Waals surface area contributed by atoms with Crippen LogP contribution in [0.15, 0.2) is 0 Å². The van der Waals surface area contributed by atoms with Gasteiger partial charge in [0.2, 0.25) is 0 Å². The number of ether oxygens (including phenoxy) is 1. The molecule has 2 heteroatoms. The molecule has 0 aromatic carbocycles. The van der Waals surface area contributed by atoms with Crippen molar-refractivity contribution in [1.29, 1.82) is 0 Å². The lowest BCUT2D eigenvalue weighted by Crippen LogP contribution is -2.28. The van der Waals surface area contributed by atoms with Crippen LogP contribution in [0.4, 0.5) is 0 Å². The third kappa shape index (κ3) is 8.18. The molecule has 0 atom stereocenters. The zero-order chi connectivity index (χ0) is 7.33. The third-order valence-corrected chi connectivity index (χ3v) is 1.89. The summed E-state index contributed by atoms with van der Waals surface area (Å²) < 4.78 is 5.35. The normalized spacial score (nSPS) is 12.0. The maximum Gasteiger partial charge on any atom is 0.0746 e. The van der Waals surface area contributed by atoms with Crippen molar-refractivity contribution in [2.45, 2.75) is 26.1 Å². The van der Waals surface area contributed by atoms with E-state index >= 15 is 0 Å². The number of hydrogen-bond acceptors (Lipinski definition) is 1. The smallest absolute Gasteiger partial charge is 0.0746 e. The summed E-state index contributed by atoms with van der Waals surface area (Å²) in [5.41, 5.74) is 0. The minimum atomic E-state index is -0.944. The van der Waals surface area contributed by atoms with Crippen LogP contribution >= 0.6 is 0 Å². The summed E-state index contributed by atoms with van der Waals surface area (Å²) in [7, 11) is -0.944. The quantitative estimate of drug-likeness (QED) is 0.435. The molecule has 9 heavy (non-hydrogen) atoms. The summed E-state index contributed by atoms with van der Waals surface area (Å²) in [6.07, 6.45) is 1.87. The molecule has 0 rings (SSSR count). The van der Waals surface area contributed by atoms with E-state index in [9.17, 15) is 0 Å². The van der Waals surface area contributed by atoms with Crippen LogP contribution in [0.25, 0.3) is 0 Å². The summed E-state index contributed by atoms with van der Waals surface area (Å²) in [5.74, 6) is 0. The molecule has 55 valence electrons. The zero-order valence-electron chi connectivity index (χ0n) is 6.74. The molecule has 0 aromatic rings. The van der Waals surface area contributed by atoms with Crippen LogP contribution in [0, 0.1) is 6.92 Å². The van der Waals surface area contributed by atoms with Gasteiger partial charge >= 0.3 is 0 Å². The van der Waals surface area contributed by atoms with Crippen LogP contribution in [0.1, 0.15) is 6.42 Å². The van der Waals surface area contributed by atoms with E-state index < -0.39 is 8.07 Å². The van der Waals surface area contributed by atoms with E-state index in [0.29, 0.717) is 0 Å². The Labute approximate surface area is 59.4 Å². The number of hydrogen-bond donors (Lipinski definition) is 0. The molecule has 0 heterocycles. The van der Waals surface area contributed by atoms with E-state index in [1.165, 1.54) is 0 Å². The molecule has 0 amide bonds. The van der Waals surface area contributed by atoms with Crippen LogP contribution < -0.4 is 0 Å². The fourth-order valence-electron chi connectivity index (χ4n) is 0.480. The third-order valence-electron chi connectivity index (χ3n) is 0.824. The molecular formula is C7H17OSi. The van der Waals surface area contributed by atoms with E-state index in [1.807, 2.05) is 0 Å². The van der Waals surface area contributed by atoms with Gasteiger partial charge in [0, 0.05) is 12.8 Å². The highest BCUT2D eigenvalue weighted by molar-refractivity contribution is 6.76. The highest BCUT2D eigenvalue weighted by atomic mass is 28.3. The van der Waals surface area contributed by atoms with Gasteiger partial charge in [-0.1, -0.05) is 26.6 Å². The molecule has 0 unspecified atom stereocenters. The average molecular weight is 145 g/mol. The van der Waals surface area contributed by atoms with Gasteiger partial charge in [0.05, 0.1) is 8.07 Å². The van der Waals surface area contributed by atoms with Crippen LogP contribution in [0.2, 0.25) is 19.6 Å². The molecule has 0 saturated heterocycles. The van der Waals surface area contributed by atoms with Crippen molar-refractivity contribution in [3.05, 3.63) is 6.92 Å². The molecule has 0 N–H and O–H groups in total. The van der Waals surface area contributed by atoms with Crippen LogP contribution in [-0.4, -0.2) is 20.9 Å². The maximum atomic E-state index is 5.35. The van der Waals surface area contributed by atoms with Crippen molar-refractivity contribution < 1.29 is 4.74 Å². The van der Waals surface area contributed by atoms with Crippen LogP contribution in [0.3, 0.4) is 0 Å². The fourth-order valence-corrected chi connectivity index (χ4v) is 1.24. The highest BCUT2D eigenvalue weighted by Gasteiger charge is 2.11. The van der Waals surface area contributed by atoms with Crippen molar-refractivity contribution in [2.75, 3.05) is 12.8 Å². The molecule has 0 fully saturated rings. The van der Waals surface area contributed by atoms with Gasteiger partial charge in [-0.05, 0) is 6.42 Å². The summed E-state index contributed by atoms with van der Waals surface area (Å²) >= 11 is 0. The molecule has 0 aliphatic carbocycles. The van der Waals surface area contributed by atoms with Crippen molar-refractivity contribution in [1.82, 2.24) is 0 Å². The standard InChI is InChI=1S/C7H17OSi/c1-5-6-8-7-9(2,3)4/h1,5-7H2,2-4H3. The average Bonchev–Trinajstić information content (AvgIpc) is 1.63. The predicted octanol–water partition coefficient (Wildman–Crippen LogP) is 2.10. The first-order chi connectivity index (χ1) is 4.06. The SMILES string of the molecule is [CH2]CCOC[Si](C)(C)C. The Morgan fingerprint density at radius 1 is 1.33 bits per heavy atom. The molecule has 1 radical (unpaired) electrons. The molecule has 0 spiro atoms. The Hall–Kier alpha value is 0.177. The summed E-state index contributed by atoms with van der Waals surface area (Å²) in [5, 5.41) is 0. The molecule has 0 aromatic heterocycles. The fraction of sp³-hybridized carbons (Fsp3) is 0.857. The van der Waals surface area contributed by atoms with Crippen LogP contribution in [-0.2, 0) is 4.74 Å². The lowest BCUT2D eigenvalue weighted by molar-refractivity contribution is 0.178. The van der Waals surface area contributed by atoms with Gasteiger partial charge < -0.3 is 4.74 Å². The Bertz CT molecular complexity index is 65.8. The Balaban J connectivity index is 3.07. The molecule has 0 bridgehead atoms. The van der Waals surface area contributed by atoms with Gasteiger partial charge in [-0.25, -0.2) is 0 Å². The molecule has 0 aliphatic heterocycles. The first-order valence-corrected chi connectivity index (χ1v) is 7.14. The van der Waals surface area contributed by atoms with E-state index in [2.05, 4.69) is 26.6 Å². The van der Waals surface area contributed by atoms with Gasteiger partial charge in [0.1, 0.15) is 0 Å². The van der Waals surface area contributed by atoms with Crippen molar-refractivity contribution in [3.8, 4) is 0 Å². The second kappa shape index (κ2) is 4.07. The molecule has 1 nitrogen and oxygen atoms in total. The molecular weight excluding hydrogens is 128 g/mol. The Morgan fingerprint density at radius 2 is 1.89 bits per heavy atom. The van der Waals surface area contributed by atoms with Gasteiger partial charge in [-0.3, -0.25) is 0 Å². The van der Waals surface area contributed by atoms with Gasteiger partial charge in [0.15, 0.2) is 0 Å². The van der Waals surface area contributed by atoms with E-state index in [4.69, 9.17) is 4.74 Å². The van der Waals surface area contributed by atoms with Crippen molar-refractivity contribution in [3.63, 3.8) is 0 Å². The monoisotopic (exact) mass is 145 g/mol. The Kier molecular flexibility index (Phi) is 4.15. The Morgan fingerprint density at radius 3 is 2.22 bits per heavy atom. The lowest BCUT2D eigenvalue weighted by Gasteiger charge is -2.14. The van der Waals surface area contributed by atoms with Gasteiger partial charge in [0.25, 0.3) is 0 Å². The van der Waals surface area contributed by atoms with E-state index in [-0.39, 0.29) is 0 Å². The van der Waals surface area contributed by atoms with E-state index in [1.54, 1.807) is 0 Å². The first-order valence-electron chi connectivity index (χ1n) is 3.43. The van der Waals surface area contributed by atoms with Crippen molar-refractivity contribution >= 4 is 8.07 Å². The van der Waals surface area contributed by atoms with Crippen molar-refractivity contribution in [2.24, 2.45) is 0 Å². The van der Waals surface area contributed by atoms with E-state index in [0.717, 1.165) is 19.3 Å². The van der Waals surface area contributed by atoms with Crippen LogP contribution in [0.5, 0.6) is 0 Å². The second-order valence-electron chi connectivity index (χ2n) is 3.47. The van der Waals surface area contributed by atoms with Gasteiger partial charge in [-0.15, -0.1) is 0 Å². The second-order valence-corrected chi connectivity index (χ2v) is 8.88.